The number of nitrogens with one attached hydrogen (secondary N) is 1. The van der Waals surface area contributed by atoms with Crippen molar-refractivity contribution in [3.63, 3.8) is 0 Å². The quantitative estimate of drug-likeness (QED) is 0.915. The van der Waals surface area contributed by atoms with Crippen molar-refractivity contribution in [2.75, 3.05) is 7.11 Å². The van der Waals surface area contributed by atoms with Crippen LogP contribution in [0.4, 0.5) is 0 Å². The molecule has 0 fully saturated rings. The van der Waals surface area contributed by atoms with Crippen LogP contribution in [0.15, 0.2) is 24.3 Å². The molecular formula is C16H20N4O2. The van der Waals surface area contributed by atoms with Gasteiger partial charge in [0.25, 0.3) is 5.91 Å². The lowest BCUT2D eigenvalue weighted by Gasteiger charge is -2.14. The number of rotatable bonds is 5. The van der Waals surface area contributed by atoms with Crippen molar-refractivity contribution in [2.45, 2.75) is 39.0 Å². The molecule has 2 heterocycles. The lowest BCUT2D eigenvalue weighted by molar-refractivity contribution is 0.0937. The van der Waals surface area contributed by atoms with Gasteiger partial charge in [-0.1, -0.05) is 12.1 Å². The average molecular weight is 300 g/mol. The Hall–Kier alpha value is -2.21. The zero-order valence-electron chi connectivity index (χ0n) is 12.9. The molecule has 0 saturated heterocycles. The Morgan fingerprint density at radius 1 is 1.45 bits per heavy atom. The van der Waals surface area contributed by atoms with Gasteiger partial charge in [0.1, 0.15) is 5.82 Å². The zero-order valence-corrected chi connectivity index (χ0v) is 12.9. The molecule has 1 N–H and O–H groups in total. The van der Waals surface area contributed by atoms with Crippen molar-refractivity contribution in [1.82, 2.24) is 20.1 Å². The molecular weight excluding hydrogens is 280 g/mol. The van der Waals surface area contributed by atoms with Crippen molar-refractivity contribution in [3.8, 4) is 0 Å². The normalized spacial score (nSPS) is 14.6. The lowest BCUT2D eigenvalue weighted by Crippen LogP contribution is -2.28. The van der Waals surface area contributed by atoms with E-state index in [0.717, 1.165) is 36.6 Å². The maximum atomic E-state index is 12.4. The molecule has 1 aliphatic rings. The van der Waals surface area contributed by atoms with Crippen LogP contribution in [0.5, 0.6) is 0 Å². The number of aromatic nitrogens is 3. The van der Waals surface area contributed by atoms with Gasteiger partial charge in [0.15, 0.2) is 5.82 Å². The molecule has 6 heteroatoms. The van der Waals surface area contributed by atoms with Gasteiger partial charge in [-0.15, -0.1) is 10.2 Å². The second-order valence-corrected chi connectivity index (χ2v) is 5.56. The number of carbonyl (C=O) groups excluding carboxylic acids is 1. The first-order valence-electron chi connectivity index (χ1n) is 7.49. The highest BCUT2D eigenvalue weighted by atomic mass is 16.5. The lowest BCUT2D eigenvalue weighted by atomic mass is 10.1. The minimum absolute atomic E-state index is 0.110. The summed E-state index contributed by atoms with van der Waals surface area (Å²) >= 11 is 0. The molecule has 6 nitrogen and oxygen atoms in total. The maximum absolute atomic E-state index is 12.4. The van der Waals surface area contributed by atoms with Gasteiger partial charge in [0.05, 0.1) is 12.6 Å². The van der Waals surface area contributed by atoms with E-state index in [9.17, 15) is 4.79 Å². The minimum atomic E-state index is -0.169. The summed E-state index contributed by atoms with van der Waals surface area (Å²) in [5, 5.41) is 11.4. The largest absolute Gasteiger partial charge is 0.380 e. The standard InChI is InChI=1S/C16H20N4O2/c1-11(15-19-18-14-7-4-8-20(14)15)17-16(21)13-6-3-5-12(9-13)10-22-2/h3,5-6,9,11H,4,7-8,10H2,1-2H3,(H,17,21)/t11-/m1/s1. The van der Waals surface area contributed by atoms with E-state index in [1.165, 1.54) is 0 Å². The van der Waals surface area contributed by atoms with E-state index in [2.05, 4.69) is 20.1 Å². The molecule has 0 spiro atoms. The smallest absolute Gasteiger partial charge is 0.251 e. The van der Waals surface area contributed by atoms with Crippen LogP contribution in [0.1, 0.15) is 47.0 Å². The van der Waals surface area contributed by atoms with Crippen molar-refractivity contribution < 1.29 is 9.53 Å². The van der Waals surface area contributed by atoms with Gasteiger partial charge in [-0.2, -0.15) is 0 Å². The van der Waals surface area contributed by atoms with E-state index in [0.29, 0.717) is 12.2 Å². The Morgan fingerprint density at radius 2 is 2.32 bits per heavy atom. The first-order valence-corrected chi connectivity index (χ1v) is 7.49. The molecule has 1 aromatic heterocycles. The Labute approximate surface area is 129 Å². The Bertz CT molecular complexity index is 681. The van der Waals surface area contributed by atoms with Crippen LogP contribution in [0, 0.1) is 0 Å². The molecule has 3 rings (SSSR count). The number of amides is 1. The highest BCUT2D eigenvalue weighted by molar-refractivity contribution is 5.94. The number of benzene rings is 1. The topological polar surface area (TPSA) is 69.0 Å². The fourth-order valence-electron chi connectivity index (χ4n) is 2.81. The van der Waals surface area contributed by atoms with Crippen LogP contribution < -0.4 is 5.32 Å². The van der Waals surface area contributed by atoms with Gasteiger partial charge in [-0.25, -0.2) is 0 Å². The van der Waals surface area contributed by atoms with E-state index in [-0.39, 0.29) is 11.9 Å². The van der Waals surface area contributed by atoms with E-state index in [1.54, 1.807) is 13.2 Å². The van der Waals surface area contributed by atoms with Crippen molar-refractivity contribution in [3.05, 3.63) is 47.0 Å². The van der Waals surface area contributed by atoms with Gasteiger partial charge in [0, 0.05) is 25.6 Å². The fraction of sp³-hybridized carbons (Fsp3) is 0.438. The number of methoxy groups -OCH3 is 1. The van der Waals surface area contributed by atoms with Crippen LogP contribution in [-0.2, 0) is 24.3 Å². The van der Waals surface area contributed by atoms with Gasteiger partial charge in [-0.05, 0) is 31.0 Å². The molecule has 1 aliphatic heterocycles. The Balaban J connectivity index is 1.72. The summed E-state index contributed by atoms with van der Waals surface area (Å²) in [4.78, 5) is 12.4. The molecule has 22 heavy (non-hydrogen) atoms. The van der Waals surface area contributed by atoms with E-state index in [1.807, 2.05) is 25.1 Å². The van der Waals surface area contributed by atoms with E-state index < -0.39 is 0 Å². The number of aryl methyl sites for hydroxylation is 1. The summed E-state index contributed by atoms with van der Waals surface area (Å²) in [6.45, 7) is 3.36. The monoisotopic (exact) mass is 300 g/mol. The van der Waals surface area contributed by atoms with Crippen LogP contribution >= 0.6 is 0 Å². The molecule has 0 radical (unpaired) electrons. The van der Waals surface area contributed by atoms with Crippen molar-refractivity contribution >= 4 is 5.91 Å². The summed E-state index contributed by atoms with van der Waals surface area (Å²) in [6, 6.07) is 7.28. The number of carbonyl (C=O) groups is 1. The second-order valence-electron chi connectivity index (χ2n) is 5.56. The second kappa shape index (κ2) is 6.27. The number of hydrogen-bond donors (Lipinski definition) is 1. The summed E-state index contributed by atoms with van der Waals surface area (Å²) in [6.07, 6.45) is 2.06. The molecule has 1 atom stereocenters. The third-order valence-electron chi connectivity index (χ3n) is 3.87. The molecule has 1 amide bonds. The van der Waals surface area contributed by atoms with Crippen LogP contribution in [0.2, 0.25) is 0 Å². The van der Waals surface area contributed by atoms with Crippen molar-refractivity contribution in [1.29, 1.82) is 0 Å². The first-order chi connectivity index (χ1) is 10.7. The molecule has 2 aromatic rings. The SMILES string of the molecule is COCc1cccc(C(=O)N[C@H](C)c2nnc3n2CCC3)c1. The summed E-state index contributed by atoms with van der Waals surface area (Å²) in [7, 11) is 1.64. The third kappa shape index (κ3) is 2.87. The molecule has 0 aliphatic carbocycles. The molecule has 0 bridgehead atoms. The summed E-state index contributed by atoms with van der Waals surface area (Å²) < 4.78 is 7.20. The van der Waals surface area contributed by atoms with Gasteiger partial charge in [0.2, 0.25) is 0 Å². The fourth-order valence-corrected chi connectivity index (χ4v) is 2.81. The van der Waals surface area contributed by atoms with Gasteiger partial charge >= 0.3 is 0 Å². The molecule has 1 aromatic carbocycles. The van der Waals surface area contributed by atoms with Gasteiger partial charge < -0.3 is 14.6 Å². The molecule has 116 valence electrons. The minimum Gasteiger partial charge on any atom is -0.380 e. The maximum Gasteiger partial charge on any atom is 0.251 e. The average Bonchev–Trinajstić information content (AvgIpc) is 3.10. The number of hydrogen-bond acceptors (Lipinski definition) is 4. The van der Waals surface area contributed by atoms with Crippen LogP contribution in [0.3, 0.4) is 0 Å². The third-order valence-corrected chi connectivity index (χ3v) is 3.87. The van der Waals surface area contributed by atoms with Crippen molar-refractivity contribution in [2.24, 2.45) is 0 Å². The zero-order chi connectivity index (χ0) is 15.5. The van der Waals surface area contributed by atoms with Crippen LogP contribution in [0.25, 0.3) is 0 Å². The number of nitrogens with zero attached hydrogens (tertiary/aromatic N) is 3. The highest BCUT2D eigenvalue weighted by Gasteiger charge is 2.22. The predicted molar refractivity (Wildman–Crippen MR) is 81.4 cm³/mol. The highest BCUT2D eigenvalue weighted by Crippen LogP contribution is 2.19. The number of ether oxygens (including phenoxy) is 1. The first kappa shape index (κ1) is 14.7. The Morgan fingerprint density at radius 3 is 3.14 bits per heavy atom. The van der Waals surface area contributed by atoms with E-state index >= 15 is 0 Å². The summed E-state index contributed by atoms with van der Waals surface area (Å²) in [5.41, 5.74) is 1.61. The Kier molecular flexibility index (Phi) is 4.20. The predicted octanol–water partition coefficient (Wildman–Crippen LogP) is 1.86. The van der Waals surface area contributed by atoms with E-state index in [4.69, 9.17) is 4.74 Å². The van der Waals surface area contributed by atoms with Crippen LogP contribution in [-0.4, -0.2) is 27.8 Å². The molecule has 0 saturated carbocycles. The summed E-state index contributed by atoms with van der Waals surface area (Å²) in [5.74, 6) is 1.73. The molecule has 0 unspecified atom stereocenters. The number of fused-ring (bicyclic) bond motifs is 1. The van der Waals surface area contributed by atoms with Gasteiger partial charge in [-0.3, -0.25) is 4.79 Å².